The molecule has 14 heteroatoms. The topological polar surface area (TPSA) is 186 Å². The number of alkyl carbamates (subject to hydrolysis) is 1. The van der Waals surface area contributed by atoms with Crippen LogP contribution in [0.3, 0.4) is 0 Å². The fraction of sp³-hybridized carbons (Fsp3) is 0.415. The number of likely N-dealkylation sites (tertiary alicyclic amines) is 2. The molecule has 55 heavy (non-hydrogen) atoms. The number of methoxy groups -OCH3 is 1. The molecule has 0 spiro atoms. The van der Waals surface area contributed by atoms with Crippen molar-refractivity contribution in [3.05, 3.63) is 83.7 Å². The number of imidazole rings is 2. The maximum atomic E-state index is 13.5. The number of amides is 4. The Kier molecular flexibility index (Phi) is 11.9. The normalized spacial score (nSPS) is 17.8. The average Bonchev–Trinajstić information content (AvgIpc) is 4.01. The van der Waals surface area contributed by atoms with Crippen LogP contribution in [0, 0.1) is 23.7 Å². The molecule has 288 valence electrons. The number of hydrogen-bond donors (Lipinski definition) is 5. The Morgan fingerprint density at radius 3 is 1.53 bits per heavy atom. The summed E-state index contributed by atoms with van der Waals surface area (Å²) in [6.45, 7) is 8.57. The van der Waals surface area contributed by atoms with E-state index in [0.29, 0.717) is 24.7 Å². The lowest BCUT2D eigenvalue weighted by Gasteiger charge is -2.30. The highest BCUT2D eigenvalue weighted by atomic mass is 16.5. The average molecular weight is 749 g/mol. The summed E-state index contributed by atoms with van der Waals surface area (Å²) in [5, 5.41) is 14.3. The van der Waals surface area contributed by atoms with Crippen molar-refractivity contribution >= 4 is 24.0 Å². The molecule has 14 nitrogen and oxygen atoms in total. The summed E-state index contributed by atoms with van der Waals surface area (Å²) >= 11 is 0. The van der Waals surface area contributed by atoms with E-state index in [-0.39, 0.29) is 35.7 Å². The van der Waals surface area contributed by atoms with Crippen LogP contribution in [0.4, 0.5) is 9.59 Å². The molecule has 2 aromatic carbocycles. The lowest BCUT2D eigenvalue weighted by Crippen LogP contribution is -2.51. The summed E-state index contributed by atoms with van der Waals surface area (Å²) in [7, 11) is 1.28. The summed E-state index contributed by atoms with van der Waals surface area (Å²) in [5.74, 6) is 7.17. The molecule has 2 aromatic heterocycles. The van der Waals surface area contributed by atoms with Crippen molar-refractivity contribution in [3.63, 3.8) is 0 Å². The SMILES string of the molecule is COC(=O)N[C@H](C(=O)N1CCC[C@H]1c1ncc(-c2ccc(C#Cc3ccc(-c4cnc([C@@H]5CCCN5C(=O)[C@@H](NC(=O)O)C(C)C)[nH]4)cc3)cc2)[nH]1)C(C)C. The highest BCUT2D eigenvalue weighted by Crippen LogP contribution is 2.34. The molecular weight excluding hydrogens is 701 g/mol. The van der Waals surface area contributed by atoms with Crippen LogP contribution in [-0.4, -0.2) is 91.1 Å². The molecule has 4 amide bonds. The van der Waals surface area contributed by atoms with Gasteiger partial charge < -0.3 is 40.2 Å². The third kappa shape index (κ3) is 8.83. The molecule has 0 aliphatic carbocycles. The van der Waals surface area contributed by atoms with Crippen molar-refractivity contribution in [2.45, 2.75) is 77.5 Å². The Balaban J connectivity index is 1.08. The minimum atomic E-state index is -1.22. The molecule has 2 aliphatic rings. The van der Waals surface area contributed by atoms with Gasteiger partial charge in [-0.15, -0.1) is 0 Å². The quantitative estimate of drug-likeness (QED) is 0.125. The van der Waals surface area contributed by atoms with Crippen molar-refractivity contribution in [3.8, 4) is 34.4 Å². The first-order valence-electron chi connectivity index (χ1n) is 18.7. The van der Waals surface area contributed by atoms with Crippen LogP contribution in [0.25, 0.3) is 22.5 Å². The first-order chi connectivity index (χ1) is 26.4. The zero-order chi connectivity index (χ0) is 39.2. The van der Waals surface area contributed by atoms with Crippen molar-refractivity contribution in [1.29, 1.82) is 0 Å². The van der Waals surface area contributed by atoms with Gasteiger partial charge in [0.25, 0.3) is 0 Å². The Labute approximate surface area is 320 Å². The Morgan fingerprint density at radius 1 is 0.727 bits per heavy atom. The van der Waals surface area contributed by atoms with Gasteiger partial charge in [0, 0.05) is 24.2 Å². The minimum absolute atomic E-state index is 0.109. The van der Waals surface area contributed by atoms with Gasteiger partial charge in [-0.1, -0.05) is 63.8 Å². The monoisotopic (exact) mass is 748 g/mol. The Bertz CT molecular complexity index is 2060. The summed E-state index contributed by atoms with van der Waals surface area (Å²) in [6.07, 6.45) is 4.86. The smallest absolute Gasteiger partial charge is 0.407 e. The van der Waals surface area contributed by atoms with Crippen LogP contribution in [-0.2, 0) is 14.3 Å². The number of aromatic amines is 2. The number of benzene rings is 2. The zero-order valence-corrected chi connectivity index (χ0v) is 31.8. The van der Waals surface area contributed by atoms with Crippen LogP contribution in [0.15, 0.2) is 60.9 Å². The molecule has 2 aliphatic heterocycles. The standard InChI is InChI=1S/C41H48N8O6/c1-24(2)34(46-40(52)53)38(50)48-20-6-8-32(48)36-42-22-30(44-36)28-16-12-26(13-17-28)10-11-27-14-18-29(19-15-27)31-23-43-37(45-31)33-9-7-21-49(33)39(51)35(25(3)4)47-41(54)55-5/h12-19,22-25,32-35,46H,6-9,20-21H2,1-5H3,(H,42,44)(H,43,45)(H,47,54)(H,52,53)/t32-,33-,34-,35-/m0/s1. The third-order valence-corrected chi connectivity index (χ3v) is 10.2. The molecule has 2 fully saturated rings. The first-order valence-corrected chi connectivity index (χ1v) is 18.7. The second-order valence-electron chi connectivity index (χ2n) is 14.7. The fourth-order valence-corrected chi connectivity index (χ4v) is 7.25. The number of ether oxygens (including phenoxy) is 1. The number of carbonyl (C=O) groups is 4. The van der Waals surface area contributed by atoms with E-state index in [1.165, 1.54) is 7.11 Å². The summed E-state index contributed by atoms with van der Waals surface area (Å²) in [4.78, 5) is 69.6. The number of nitrogens with zero attached hydrogens (tertiary/aromatic N) is 4. The largest absolute Gasteiger partial charge is 0.465 e. The molecule has 0 bridgehead atoms. The molecule has 0 saturated carbocycles. The van der Waals surface area contributed by atoms with Gasteiger partial charge in [0.1, 0.15) is 23.7 Å². The van der Waals surface area contributed by atoms with Gasteiger partial charge in [0.05, 0.1) is 43.0 Å². The van der Waals surface area contributed by atoms with E-state index < -0.39 is 24.3 Å². The van der Waals surface area contributed by atoms with E-state index in [4.69, 9.17) is 4.74 Å². The van der Waals surface area contributed by atoms with Gasteiger partial charge >= 0.3 is 12.2 Å². The highest BCUT2D eigenvalue weighted by Gasteiger charge is 2.38. The van der Waals surface area contributed by atoms with E-state index in [9.17, 15) is 24.3 Å². The number of hydrogen-bond acceptors (Lipinski definition) is 7. The molecule has 2 saturated heterocycles. The predicted octanol–water partition coefficient (Wildman–Crippen LogP) is 5.87. The van der Waals surface area contributed by atoms with Gasteiger partial charge in [0.2, 0.25) is 11.8 Å². The van der Waals surface area contributed by atoms with E-state index in [0.717, 1.165) is 59.3 Å². The fourth-order valence-electron chi connectivity index (χ4n) is 7.25. The van der Waals surface area contributed by atoms with Crippen LogP contribution in [0.2, 0.25) is 0 Å². The molecule has 6 rings (SSSR count). The molecule has 4 atom stereocenters. The lowest BCUT2D eigenvalue weighted by atomic mass is 10.0. The number of carboxylic acid groups (broad SMARTS) is 1. The van der Waals surface area contributed by atoms with Gasteiger partial charge in [-0.2, -0.15) is 0 Å². The second kappa shape index (κ2) is 16.9. The number of nitrogens with one attached hydrogen (secondary N) is 4. The van der Waals surface area contributed by atoms with E-state index in [1.54, 1.807) is 22.2 Å². The van der Waals surface area contributed by atoms with Gasteiger partial charge in [-0.25, -0.2) is 19.6 Å². The second-order valence-corrected chi connectivity index (χ2v) is 14.7. The molecule has 0 radical (unpaired) electrons. The van der Waals surface area contributed by atoms with Crippen LogP contribution < -0.4 is 10.6 Å². The maximum Gasteiger partial charge on any atom is 0.407 e. The molecule has 5 N–H and O–H groups in total. The van der Waals surface area contributed by atoms with Gasteiger partial charge in [-0.3, -0.25) is 9.59 Å². The van der Waals surface area contributed by atoms with E-state index >= 15 is 0 Å². The predicted molar refractivity (Wildman–Crippen MR) is 205 cm³/mol. The summed E-state index contributed by atoms with van der Waals surface area (Å²) in [6, 6.07) is 13.8. The Morgan fingerprint density at radius 2 is 1.15 bits per heavy atom. The number of carbonyl (C=O) groups excluding carboxylic acids is 3. The number of aromatic nitrogens is 4. The van der Waals surface area contributed by atoms with Crippen molar-refractivity contribution < 1.29 is 29.0 Å². The molecule has 0 unspecified atom stereocenters. The van der Waals surface area contributed by atoms with Crippen molar-refractivity contribution in [2.24, 2.45) is 11.8 Å². The van der Waals surface area contributed by atoms with E-state index in [2.05, 4.69) is 42.4 Å². The molecule has 4 heterocycles. The molecular formula is C41H48N8O6. The summed E-state index contributed by atoms with van der Waals surface area (Å²) < 4.78 is 4.74. The zero-order valence-electron chi connectivity index (χ0n) is 31.8. The van der Waals surface area contributed by atoms with Gasteiger partial charge in [-0.05, 0) is 72.9 Å². The Hall–Kier alpha value is -6.10. The minimum Gasteiger partial charge on any atom is -0.465 e. The highest BCUT2D eigenvalue weighted by molar-refractivity contribution is 5.87. The number of rotatable bonds is 10. The third-order valence-electron chi connectivity index (χ3n) is 10.2. The molecule has 4 aromatic rings. The summed E-state index contributed by atoms with van der Waals surface area (Å²) in [5.41, 5.74) is 5.22. The van der Waals surface area contributed by atoms with Crippen molar-refractivity contribution in [2.75, 3.05) is 20.2 Å². The number of H-pyrrole nitrogens is 2. The van der Waals surface area contributed by atoms with Crippen LogP contribution in [0.5, 0.6) is 0 Å². The van der Waals surface area contributed by atoms with Gasteiger partial charge in [0.15, 0.2) is 0 Å². The first kappa shape index (κ1) is 38.6. The van der Waals surface area contributed by atoms with Crippen LogP contribution >= 0.6 is 0 Å². The maximum absolute atomic E-state index is 13.5. The lowest BCUT2D eigenvalue weighted by molar-refractivity contribution is -0.136. The van der Waals surface area contributed by atoms with E-state index in [1.807, 2.05) is 76.2 Å². The van der Waals surface area contributed by atoms with Crippen LogP contribution in [0.1, 0.15) is 88.2 Å². The van der Waals surface area contributed by atoms with Crippen molar-refractivity contribution in [1.82, 2.24) is 40.4 Å².